The number of para-hydroxylation sites is 1. The molecule has 0 saturated carbocycles. The van der Waals surface area contributed by atoms with Gasteiger partial charge in [-0.1, -0.05) is 34.1 Å². The van der Waals surface area contributed by atoms with E-state index in [9.17, 15) is 5.11 Å². The van der Waals surface area contributed by atoms with Crippen LogP contribution in [0.25, 0.3) is 10.9 Å². The van der Waals surface area contributed by atoms with E-state index in [4.69, 9.17) is 0 Å². The highest BCUT2D eigenvalue weighted by Crippen LogP contribution is 2.29. The third-order valence-corrected chi connectivity index (χ3v) is 3.72. The highest BCUT2D eigenvalue weighted by molar-refractivity contribution is 9.10. The molecule has 3 aromatic rings. The highest BCUT2D eigenvalue weighted by Gasteiger charge is 2.09. The Morgan fingerprint density at radius 1 is 1.20 bits per heavy atom. The number of rotatable bonds is 2. The summed E-state index contributed by atoms with van der Waals surface area (Å²) in [4.78, 5) is 7.42. The molecule has 4 heteroatoms. The lowest BCUT2D eigenvalue weighted by atomic mass is 10.2. The van der Waals surface area contributed by atoms with Gasteiger partial charge in [-0.2, -0.15) is 0 Å². The van der Waals surface area contributed by atoms with Crippen LogP contribution in [0.1, 0.15) is 11.1 Å². The molecule has 0 spiro atoms. The maximum atomic E-state index is 10.0. The second kappa shape index (κ2) is 5.13. The summed E-state index contributed by atoms with van der Waals surface area (Å²) < 4.78 is 0.967. The summed E-state index contributed by atoms with van der Waals surface area (Å²) in [7, 11) is 0. The number of aromatic nitrogens is 1. The Labute approximate surface area is 125 Å². The van der Waals surface area contributed by atoms with Gasteiger partial charge >= 0.3 is 0 Å². The average Bonchev–Trinajstić information content (AvgIpc) is 2.73. The van der Waals surface area contributed by atoms with Crippen LogP contribution >= 0.6 is 15.9 Å². The normalized spacial score (nSPS) is 11.5. The maximum Gasteiger partial charge on any atom is 0.198 e. The molecule has 3 nitrogen and oxygen atoms in total. The molecule has 3 rings (SSSR count). The number of aliphatic imine (C=N–C) groups is 1. The van der Waals surface area contributed by atoms with E-state index >= 15 is 0 Å². The predicted molar refractivity (Wildman–Crippen MR) is 86.1 cm³/mol. The molecule has 100 valence electrons. The number of nitrogens with zero attached hydrogens (tertiary/aromatic N) is 1. The summed E-state index contributed by atoms with van der Waals surface area (Å²) >= 11 is 3.44. The zero-order chi connectivity index (χ0) is 14.1. The fraction of sp³-hybridized carbons (Fsp3) is 0.0625. The molecule has 0 aliphatic carbocycles. The third kappa shape index (κ3) is 2.34. The van der Waals surface area contributed by atoms with Gasteiger partial charge in [-0.3, -0.25) is 4.99 Å². The molecule has 0 fully saturated rings. The van der Waals surface area contributed by atoms with Gasteiger partial charge in [-0.05, 0) is 36.8 Å². The van der Waals surface area contributed by atoms with E-state index < -0.39 is 0 Å². The molecule has 0 aliphatic heterocycles. The molecule has 0 bridgehead atoms. The summed E-state index contributed by atoms with van der Waals surface area (Å²) in [6, 6.07) is 13.7. The van der Waals surface area contributed by atoms with Crippen LogP contribution in [0.3, 0.4) is 0 Å². The Morgan fingerprint density at radius 3 is 2.80 bits per heavy atom. The molecule has 20 heavy (non-hydrogen) atoms. The van der Waals surface area contributed by atoms with Gasteiger partial charge in [-0.15, -0.1) is 0 Å². The van der Waals surface area contributed by atoms with E-state index in [0.717, 1.165) is 26.6 Å². The Bertz CT molecular complexity index is 805. The number of nitrogens with one attached hydrogen (secondary N) is 1. The van der Waals surface area contributed by atoms with Gasteiger partial charge in [-0.25, -0.2) is 0 Å². The molecular formula is C16H13BrN2O. The number of fused-ring (bicyclic) bond motifs is 1. The lowest BCUT2D eigenvalue weighted by molar-refractivity contribution is 0.457. The van der Waals surface area contributed by atoms with Crippen molar-refractivity contribution in [2.45, 2.75) is 6.92 Å². The first-order chi connectivity index (χ1) is 9.65. The minimum absolute atomic E-state index is 0.135. The monoisotopic (exact) mass is 328 g/mol. The number of halogens is 1. The standard InChI is InChI=1S/C16H13BrN2O/c1-10-4-2-3-5-14(10)18-9-13-12-8-11(17)6-7-15(12)19-16(13)20/h2-9,19-20H,1H3. The number of benzene rings is 2. The van der Waals surface area contributed by atoms with E-state index in [1.807, 2.05) is 49.4 Å². The fourth-order valence-electron chi connectivity index (χ4n) is 2.14. The number of H-pyrrole nitrogens is 1. The van der Waals surface area contributed by atoms with Gasteiger partial charge in [0.1, 0.15) is 0 Å². The van der Waals surface area contributed by atoms with Crippen molar-refractivity contribution in [1.82, 2.24) is 4.98 Å². The quantitative estimate of drug-likeness (QED) is 0.658. The van der Waals surface area contributed by atoms with E-state index in [-0.39, 0.29) is 5.88 Å². The van der Waals surface area contributed by atoms with E-state index in [2.05, 4.69) is 25.9 Å². The van der Waals surface area contributed by atoms with Crippen LogP contribution in [-0.4, -0.2) is 16.3 Å². The van der Waals surface area contributed by atoms with Crippen molar-refractivity contribution in [2.24, 2.45) is 4.99 Å². The zero-order valence-corrected chi connectivity index (χ0v) is 12.5. The van der Waals surface area contributed by atoms with Crippen LogP contribution in [0.5, 0.6) is 5.88 Å². The predicted octanol–water partition coefficient (Wildman–Crippen LogP) is 4.70. The maximum absolute atomic E-state index is 10.0. The number of hydrogen-bond donors (Lipinski definition) is 2. The Morgan fingerprint density at radius 2 is 2.00 bits per heavy atom. The van der Waals surface area contributed by atoms with Crippen LogP contribution < -0.4 is 0 Å². The SMILES string of the molecule is Cc1ccccc1N=Cc1c(O)[nH]c2ccc(Br)cc12. The molecule has 0 atom stereocenters. The smallest absolute Gasteiger partial charge is 0.198 e. The molecule has 0 amide bonds. The number of hydrogen-bond acceptors (Lipinski definition) is 2. The molecule has 0 radical (unpaired) electrons. The summed E-state index contributed by atoms with van der Waals surface area (Å²) in [5.74, 6) is 0.135. The molecular weight excluding hydrogens is 316 g/mol. The minimum Gasteiger partial charge on any atom is -0.494 e. The van der Waals surface area contributed by atoms with Crippen LogP contribution in [-0.2, 0) is 0 Å². The number of aryl methyl sites for hydroxylation is 1. The summed E-state index contributed by atoms with van der Waals surface area (Å²) in [6.07, 6.45) is 1.70. The largest absolute Gasteiger partial charge is 0.494 e. The van der Waals surface area contributed by atoms with Crippen molar-refractivity contribution in [3.63, 3.8) is 0 Å². The lowest BCUT2D eigenvalue weighted by Crippen LogP contribution is -1.80. The van der Waals surface area contributed by atoms with Gasteiger partial charge in [0.15, 0.2) is 5.88 Å². The van der Waals surface area contributed by atoms with Gasteiger partial charge in [0, 0.05) is 21.6 Å². The van der Waals surface area contributed by atoms with Gasteiger partial charge in [0.05, 0.1) is 11.3 Å². The molecule has 0 saturated heterocycles. The highest BCUT2D eigenvalue weighted by atomic mass is 79.9. The Balaban J connectivity index is 2.09. The number of aromatic amines is 1. The topological polar surface area (TPSA) is 48.4 Å². The Hall–Kier alpha value is -2.07. The number of aromatic hydroxyl groups is 1. The van der Waals surface area contributed by atoms with Crippen molar-refractivity contribution >= 4 is 38.7 Å². The van der Waals surface area contributed by atoms with Crippen LogP contribution in [0, 0.1) is 6.92 Å². The average molecular weight is 329 g/mol. The van der Waals surface area contributed by atoms with Gasteiger partial charge < -0.3 is 10.1 Å². The molecule has 0 aliphatic rings. The molecule has 1 heterocycles. The third-order valence-electron chi connectivity index (χ3n) is 3.23. The minimum atomic E-state index is 0.135. The van der Waals surface area contributed by atoms with Gasteiger partial charge in [0.25, 0.3) is 0 Å². The fourth-order valence-corrected chi connectivity index (χ4v) is 2.50. The zero-order valence-electron chi connectivity index (χ0n) is 10.9. The van der Waals surface area contributed by atoms with Crippen molar-refractivity contribution in [1.29, 1.82) is 0 Å². The van der Waals surface area contributed by atoms with E-state index in [1.54, 1.807) is 6.21 Å². The van der Waals surface area contributed by atoms with Crippen molar-refractivity contribution in [2.75, 3.05) is 0 Å². The van der Waals surface area contributed by atoms with E-state index in [1.165, 1.54) is 0 Å². The van der Waals surface area contributed by atoms with Crippen LogP contribution in [0.4, 0.5) is 5.69 Å². The second-order valence-corrected chi connectivity index (χ2v) is 5.54. The first kappa shape index (κ1) is 12.9. The molecule has 1 aromatic heterocycles. The molecule has 0 unspecified atom stereocenters. The Kier molecular flexibility index (Phi) is 3.32. The van der Waals surface area contributed by atoms with Crippen LogP contribution in [0.2, 0.25) is 0 Å². The summed E-state index contributed by atoms with van der Waals surface area (Å²) in [6.45, 7) is 2.01. The molecule has 2 aromatic carbocycles. The first-order valence-corrected chi connectivity index (χ1v) is 7.04. The second-order valence-electron chi connectivity index (χ2n) is 4.62. The first-order valence-electron chi connectivity index (χ1n) is 6.25. The molecule has 2 N–H and O–H groups in total. The van der Waals surface area contributed by atoms with Gasteiger partial charge in [0.2, 0.25) is 0 Å². The van der Waals surface area contributed by atoms with Crippen molar-refractivity contribution in [3.8, 4) is 5.88 Å². The van der Waals surface area contributed by atoms with Crippen molar-refractivity contribution < 1.29 is 5.11 Å². The van der Waals surface area contributed by atoms with Crippen LogP contribution in [0.15, 0.2) is 51.9 Å². The van der Waals surface area contributed by atoms with Crippen molar-refractivity contribution in [3.05, 3.63) is 58.1 Å². The van der Waals surface area contributed by atoms with E-state index in [0.29, 0.717) is 5.56 Å². The summed E-state index contributed by atoms with van der Waals surface area (Å²) in [5, 5.41) is 10.9. The summed E-state index contributed by atoms with van der Waals surface area (Å²) in [5.41, 5.74) is 3.59. The lowest BCUT2D eigenvalue weighted by Gasteiger charge is -1.98.